The quantitative estimate of drug-likeness (QED) is 0.770. The van der Waals surface area contributed by atoms with E-state index in [2.05, 4.69) is 10.1 Å². The summed E-state index contributed by atoms with van der Waals surface area (Å²) in [5, 5.41) is 3.13. The monoisotopic (exact) mass is 299 g/mol. The molecule has 0 aromatic heterocycles. The van der Waals surface area contributed by atoms with Crippen LogP contribution in [0.25, 0.3) is 0 Å². The highest BCUT2D eigenvalue weighted by atomic mass is 19.4. The van der Waals surface area contributed by atoms with Gasteiger partial charge in [-0.3, -0.25) is 0 Å². The average Bonchev–Trinajstić information content (AvgIpc) is 2.66. The van der Waals surface area contributed by atoms with Gasteiger partial charge in [-0.1, -0.05) is 37.8 Å². The number of anilines is 1. The largest absolute Gasteiger partial charge is 0.573 e. The first-order chi connectivity index (χ1) is 10.0. The first-order valence-electron chi connectivity index (χ1n) is 7.67. The molecule has 1 saturated carbocycles. The molecule has 1 unspecified atom stereocenters. The van der Waals surface area contributed by atoms with Crippen LogP contribution in [0, 0.1) is 5.92 Å². The number of benzene rings is 1. The van der Waals surface area contributed by atoms with Crippen LogP contribution in [0.3, 0.4) is 0 Å². The fourth-order valence-electron chi connectivity index (χ4n) is 3.71. The molecule has 5 heteroatoms. The standard InChI is InChI=1S/C16H20F3NO/c17-16(18,19)21-14-9-5-8-12-13(10-20-15(12)14)11-6-3-1-2-4-7-11/h5,8-9,11,13,20H,1-4,6-7,10H2. The second kappa shape index (κ2) is 5.78. The smallest absolute Gasteiger partial charge is 0.404 e. The van der Waals surface area contributed by atoms with Gasteiger partial charge in [0.25, 0.3) is 0 Å². The number of para-hydroxylation sites is 1. The van der Waals surface area contributed by atoms with Gasteiger partial charge in [-0.15, -0.1) is 13.2 Å². The molecule has 1 N–H and O–H groups in total. The highest BCUT2D eigenvalue weighted by molar-refractivity contribution is 5.67. The van der Waals surface area contributed by atoms with Crippen LogP contribution in [0.5, 0.6) is 5.75 Å². The average molecular weight is 299 g/mol. The van der Waals surface area contributed by atoms with Crippen LogP contribution in [0.2, 0.25) is 0 Å². The van der Waals surface area contributed by atoms with Crippen molar-refractivity contribution in [3.05, 3.63) is 23.8 Å². The van der Waals surface area contributed by atoms with Crippen LogP contribution < -0.4 is 10.1 Å². The number of alkyl halides is 3. The zero-order chi connectivity index (χ0) is 14.9. The van der Waals surface area contributed by atoms with E-state index in [4.69, 9.17) is 0 Å². The molecule has 1 heterocycles. The Hall–Kier alpha value is -1.39. The van der Waals surface area contributed by atoms with E-state index in [0.717, 1.165) is 12.1 Å². The third kappa shape index (κ3) is 3.27. The van der Waals surface area contributed by atoms with E-state index in [1.165, 1.54) is 44.6 Å². The van der Waals surface area contributed by atoms with E-state index < -0.39 is 6.36 Å². The molecular formula is C16H20F3NO. The van der Waals surface area contributed by atoms with Gasteiger partial charge < -0.3 is 10.1 Å². The molecule has 0 spiro atoms. The first-order valence-corrected chi connectivity index (χ1v) is 7.67. The molecule has 0 bridgehead atoms. The van der Waals surface area contributed by atoms with Gasteiger partial charge in [0.1, 0.15) is 0 Å². The third-order valence-electron chi connectivity index (χ3n) is 4.65. The summed E-state index contributed by atoms with van der Waals surface area (Å²) in [6, 6.07) is 4.99. The summed E-state index contributed by atoms with van der Waals surface area (Å²) in [7, 11) is 0. The Morgan fingerprint density at radius 2 is 1.76 bits per heavy atom. The van der Waals surface area contributed by atoms with Crippen molar-refractivity contribution < 1.29 is 17.9 Å². The van der Waals surface area contributed by atoms with Gasteiger partial charge in [0.2, 0.25) is 0 Å². The minimum absolute atomic E-state index is 0.101. The Labute approximate surface area is 122 Å². The molecule has 1 atom stereocenters. The number of ether oxygens (including phenoxy) is 1. The number of fused-ring (bicyclic) bond motifs is 1. The molecular weight excluding hydrogens is 279 g/mol. The summed E-state index contributed by atoms with van der Waals surface area (Å²) in [4.78, 5) is 0. The molecule has 0 saturated heterocycles. The van der Waals surface area contributed by atoms with Crippen molar-refractivity contribution in [2.75, 3.05) is 11.9 Å². The maximum Gasteiger partial charge on any atom is 0.573 e. The van der Waals surface area contributed by atoms with Crippen molar-refractivity contribution in [3.63, 3.8) is 0 Å². The Kier molecular flexibility index (Phi) is 4.00. The summed E-state index contributed by atoms with van der Waals surface area (Å²) in [6.07, 6.45) is 2.73. The fraction of sp³-hybridized carbons (Fsp3) is 0.625. The molecule has 1 aliphatic heterocycles. The molecule has 1 aromatic rings. The first kappa shape index (κ1) is 14.5. The maximum absolute atomic E-state index is 12.5. The van der Waals surface area contributed by atoms with Crippen molar-refractivity contribution in [1.82, 2.24) is 0 Å². The van der Waals surface area contributed by atoms with E-state index in [-0.39, 0.29) is 5.75 Å². The van der Waals surface area contributed by atoms with E-state index in [1.807, 2.05) is 6.07 Å². The number of hydrogen-bond donors (Lipinski definition) is 1. The number of halogens is 3. The lowest BCUT2D eigenvalue weighted by molar-refractivity contribution is -0.274. The van der Waals surface area contributed by atoms with Crippen LogP contribution in [0.15, 0.2) is 18.2 Å². The van der Waals surface area contributed by atoms with Crippen LogP contribution in [0.4, 0.5) is 18.9 Å². The highest BCUT2D eigenvalue weighted by Gasteiger charge is 2.36. The molecule has 1 aliphatic carbocycles. The number of rotatable bonds is 2. The van der Waals surface area contributed by atoms with Crippen molar-refractivity contribution in [1.29, 1.82) is 0 Å². The fourth-order valence-corrected chi connectivity index (χ4v) is 3.71. The lowest BCUT2D eigenvalue weighted by atomic mass is 9.82. The summed E-state index contributed by atoms with van der Waals surface area (Å²) < 4.78 is 41.5. The SMILES string of the molecule is FC(F)(F)Oc1cccc2c1NCC2C1CCCCCC1. The Morgan fingerprint density at radius 1 is 1.05 bits per heavy atom. The van der Waals surface area contributed by atoms with Gasteiger partial charge in [0.05, 0.1) is 5.69 Å². The molecule has 1 fully saturated rings. The Morgan fingerprint density at radius 3 is 2.43 bits per heavy atom. The predicted molar refractivity (Wildman–Crippen MR) is 75.5 cm³/mol. The van der Waals surface area contributed by atoms with Crippen molar-refractivity contribution in [2.24, 2.45) is 5.92 Å². The van der Waals surface area contributed by atoms with E-state index in [9.17, 15) is 13.2 Å². The third-order valence-corrected chi connectivity index (χ3v) is 4.65. The molecule has 3 rings (SSSR count). The number of hydrogen-bond acceptors (Lipinski definition) is 2. The summed E-state index contributed by atoms with van der Waals surface area (Å²) in [5.74, 6) is 0.786. The summed E-state index contributed by atoms with van der Waals surface area (Å²) >= 11 is 0. The van der Waals surface area contributed by atoms with Gasteiger partial charge >= 0.3 is 6.36 Å². The second-order valence-corrected chi connectivity index (χ2v) is 6.01. The van der Waals surface area contributed by atoms with Gasteiger partial charge in [-0.2, -0.15) is 0 Å². The zero-order valence-corrected chi connectivity index (χ0v) is 11.9. The summed E-state index contributed by atoms with van der Waals surface area (Å²) in [5.41, 5.74) is 1.52. The topological polar surface area (TPSA) is 21.3 Å². The number of nitrogens with one attached hydrogen (secondary N) is 1. The zero-order valence-electron chi connectivity index (χ0n) is 11.9. The van der Waals surface area contributed by atoms with Crippen LogP contribution in [-0.2, 0) is 0 Å². The minimum atomic E-state index is -4.64. The normalized spacial score (nSPS) is 23.3. The van der Waals surface area contributed by atoms with Crippen molar-refractivity contribution >= 4 is 5.69 Å². The van der Waals surface area contributed by atoms with E-state index in [0.29, 0.717) is 17.5 Å². The maximum atomic E-state index is 12.5. The second-order valence-electron chi connectivity index (χ2n) is 6.01. The van der Waals surface area contributed by atoms with Gasteiger partial charge in [-0.25, -0.2) is 0 Å². The van der Waals surface area contributed by atoms with Crippen LogP contribution in [0.1, 0.15) is 50.0 Å². The highest BCUT2D eigenvalue weighted by Crippen LogP contribution is 2.46. The van der Waals surface area contributed by atoms with Crippen molar-refractivity contribution in [2.45, 2.75) is 50.8 Å². The molecule has 2 aliphatic rings. The minimum Gasteiger partial charge on any atom is -0.404 e. The summed E-state index contributed by atoms with van der Waals surface area (Å²) in [6.45, 7) is 0.720. The van der Waals surface area contributed by atoms with Gasteiger partial charge in [-0.05, 0) is 30.4 Å². The molecule has 2 nitrogen and oxygen atoms in total. The molecule has 0 radical (unpaired) electrons. The van der Waals surface area contributed by atoms with Crippen molar-refractivity contribution in [3.8, 4) is 5.75 Å². The lowest BCUT2D eigenvalue weighted by Crippen LogP contribution is -2.17. The predicted octanol–water partition coefficient (Wildman–Crippen LogP) is 5.06. The molecule has 0 amide bonds. The Balaban J connectivity index is 1.83. The Bertz CT molecular complexity index is 493. The molecule has 1 aromatic carbocycles. The van der Waals surface area contributed by atoms with E-state index in [1.54, 1.807) is 6.07 Å². The van der Waals surface area contributed by atoms with Gasteiger partial charge in [0, 0.05) is 12.5 Å². The van der Waals surface area contributed by atoms with Gasteiger partial charge in [0.15, 0.2) is 5.75 Å². The molecule has 21 heavy (non-hydrogen) atoms. The van der Waals surface area contributed by atoms with Crippen LogP contribution in [-0.4, -0.2) is 12.9 Å². The van der Waals surface area contributed by atoms with Crippen LogP contribution >= 0.6 is 0 Å². The molecule has 116 valence electrons. The lowest BCUT2D eigenvalue weighted by Gasteiger charge is -2.22. The van der Waals surface area contributed by atoms with E-state index >= 15 is 0 Å².